The third-order valence-electron chi connectivity index (χ3n) is 4.74. The van der Waals surface area contributed by atoms with Crippen molar-refractivity contribution in [3.63, 3.8) is 0 Å². The Hall–Kier alpha value is -1.70. The van der Waals surface area contributed by atoms with Gasteiger partial charge >= 0.3 is 12.1 Å². The van der Waals surface area contributed by atoms with Crippen molar-refractivity contribution in [3.05, 3.63) is 0 Å². The SMILES string of the molecule is C#CC1C[C@H]2[C@@H](OC(=O)CCCC)CCC[C@H]2N1C(=O)OC. The third kappa shape index (κ3) is 3.37. The van der Waals surface area contributed by atoms with Crippen molar-refractivity contribution < 1.29 is 19.1 Å². The van der Waals surface area contributed by atoms with Crippen LogP contribution in [0.15, 0.2) is 0 Å². The lowest BCUT2D eigenvalue weighted by Gasteiger charge is -2.36. The minimum Gasteiger partial charge on any atom is -0.462 e. The Kier molecular flexibility index (Phi) is 5.70. The van der Waals surface area contributed by atoms with Crippen molar-refractivity contribution in [2.24, 2.45) is 5.92 Å². The Balaban J connectivity index is 2.06. The number of rotatable bonds is 4. The first-order valence-corrected chi connectivity index (χ1v) is 8.14. The summed E-state index contributed by atoms with van der Waals surface area (Å²) in [5, 5.41) is 0. The van der Waals surface area contributed by atoms with Crippen LogP contribution in [0.5, 0.6) is 0 Å². The highest BCUT2D eigenvalue weighted by Crippen LogP contribution is 2.41. The number of terminal acetylenes is 1. The topological polar surface area (TPSA) is 55.8 Å². The van der Waals surface area contributed by atoms with Crippen molar-refractivity contribution in [3.8, 4) is 12.3 Å². The molecule has 5 nitrogen and oxygen atoms in total. The number of ether oxygens (including phenoxy) is 2. The maximum Gasteiger partial charge on any atom is 0.410 e. The lowest BCUT2D eigenvalue weighted by molar-refractivity contribution is -0.154. The number of amides is 1. The molecule has 0 aromatic carbocycles. The van der Waals surface area contributed by atoms with Crippen LogP contribution in [0.3, 0.4) is 0 Å². The van der Waals surface area contributed by atoms with Gasteiger partial charge in [-0.05, 0) is 32.1 Å². The summed E-state index contributed by atoms with van der Waals surface area (Å²) in [4.78, 5) is 25.6. The largest absolute Gasteiger partial charge is 0.462 e. The second-order valence-corrected chi connectivity index (χ2v) is 6.09. The van der Waals surface area contributed by atoms with Crippen LogP contribution in [0.2, 0.25) is 0 Å². The maximum absolute atomic E-state index is 12.0. The fraction of sp³-hybridized carbons (Fsp3) is 0.765. The quantitative estimate of drug-likeness (QED) is 0.592. The lowest BCUT2D eigenvalue weighted by atomic mass is 9.82. The first-order valence-electron chi connectivity index (χ1n) is 8.14. The van der Waals surface area contributed by atoms with E-state index in [1.54, 1.807) is 4.90 Å². The van der Waals surface area contributed by atoms with Crippen molar-refractivity contribution in [1.82, 2.24) is 4.90 Å². The van der Waals surface area contributed by atoms with Gasteiger partial charge in [0.25, 0.3) is 0 Å². The summed E-state index contributed by atoms with van der Waals surface area (Å²) < 4.78 is 10.5. The predicted molar refractivity (Wildman–Crippen MR) is 82.0 cm³/mol. The second-order valence-electron chi connectivity index (χ2n) is 6.09. The Labute approximate surface area is 132 Å². The van der Waals surface area contributed by atoms with Crippen LogP contribution < -0.4 is 0 Å². The summed E-state index contributed by atoms with van der Waals surface area (Å²) >= 11 is 0. The van der Waals surface area contributed by atoms with Crippen molar-refractivity contribution in [1.29, 1.82) is 0 Å². The standard InChI is InChI=1S/C17H25NO4/c1-4-6-10-16(19)22-15-9-7-8-14-13(15)11-12(5-2)18(14)17(20)21-3/h2,12-15H,4,6-11H2,1,3H3/t12?,13-,14-,15+/m1/s1. The Bertz CT molecular complexity index is 456. The van der Waals surface area contributed by atoms with Gasteiger partial charge in [0, 0.05) is 18.4 Å². The van der Waals surface area contributed by atoms with Crippen LogP contribution in [0, 0.1) is 18.3 Å². The number of methoxy groups -OCH3 is 1. The molecule has 0 bridgehead atoms. The molecule has 2 rings (SSSR count). The van der Waals surface area contributed by atoms with Gasteiger partial charge in [-0.25, -0.2) is 4.79 Å². The number of esters is 1. The number of hydrogen-bond donors (Lipinski definition) is 0. The summed E-state index contributed by atoms with van der Waals surface area (Å²) in [5.74, 6) is 2.67. The molecule has 1 saturated carbocycles. The first-order chi connectivity index (χ1) is 10.6. The molecule has 1 unspecified atom stereocenters. The molecular formula is C17H25NO4. The van der Waals surface area contributed by atoms with E-state index in [1.807, 2.05) is 6.92 Å². The molecule has 5 heteroatoms. The summed E-state index contributed by atoms with van der Waals surface area (Å²) in [6.45, 7) is 2.05. The minimum absolute atomic E-state index is 0.0197. The Morgan fingerprint density at radius 1 is 1.36 bits per heavy atom. The number of carbonyl (C=O) groups excluding carboxylic acids is 2. The molecule has 1 heterocycles. The Morgan fingerprint density at radius 3 is 2.77 bits per heavy atom. The van der Waals surface area contributed by atoms with Gasteiger partial charge in [-0.2, -0.15) is 0 Å². The van der Waals surface area contributed by atoms with E-state index in [4.69, 9.17) is 15.9 Å². The molecule has 2 fully saturated rings. The molecular weight excluding hydrogens is 282 g/mol. The van der Waals surface area contributed by atoms with Crippen LogP contribution in [0.25, 0.3) is 0 Å². The summed E-state index contributed by atoms with van der Waals surface area (Å²) in [5.41, 5.74) is 0. The predicted octanol–water partition coefficient (Wildman–Crippen LogP) is 2.73. The highest BCUT2D eigenvalue weighted by atomic mass is 16.5. The second kappa shape index (κ2) is 7.53. The summed E-state index contributed by atoms with van der Waals surface area (Å²) in [7, 11) is 1.37. The van der Waals surface area contributed by atoms with Gasteiger partial charge in [-0.1, -0.05) is 19.3 Å². The van der Waals surface area contributed by atoms with Crippen molar-refractivity contribution in [2.45, 2.75) is 70.1 Å². The van der Waals surface area contributed by atoms with E-state index in [2.05, 4.69) is 5.92 Å². The Morgan fingerprint density at radius 2 is 2.14 bits per heavy atom. The number of likely N-dealkylation sites (tertiary alicyclic amines) is 1. The van der Waals surface area contributed by atoms with Gasteiger partial charge in [0.2, 0.25) is 0 Å². The minimum atomic E-state index is -0.381. The number of hydrogen-bond acceptors (Lipinski definition) is 4. The number of unbranched alkanes of at least 4 members (excludes halogenated alkanes) is 1. The number of fused-ring (bicyclic) bond motifs is 1. The summed E-state index contributed by atoms with van der Waals surface area (Å²) in [6.07, 6.45) is 10.7. The van der Waals surface area contributed by atoms with E-state index in [1.165, 1.54) is 7.11 Å². The molecule has 1 saturated heterocycles. The summed E-state index contributed by atoms with van der Waals surface area (Å²) in [6, 6.07) is -0.247. The van der Waals surface area contributed by atoms with Gasteiger partial charge in [0.05, 0.1) is 13.2 Å². The molecule has 0 aromatic rings. The molecule has 0 N–H and O–H groups in total. The molecule has 1 amide bonds. The maximum atomic E-state index is 12.0. The molecule has 2 aliphatic rings. The van der Waals surface area contributed by atoms with Gasteiger partial charge in [0.1, 0.15) is 6.10 Å². The van der Waals surface area contributed by atoms with Crippen LogP contribution in [-0.2, 0) is 14.3 Å². The van der Waals surface area contributed by atoms with E-state index >= 15 is 0 Å². The number of nitrogens with zero attached hydrogens (tertiary/aromatic N) is 1. The lowest BCUT2D eigenvalue weighted by Crippen LogP contribution is -2.46. The van der Waals surface area contributed by atoms with Crippen molar-refractivity contribution in [2.75, 3.05) is 7.11 Å². The van der Waals surface area contributed by atoms with E-state index in [-0.39, 0.29) is 36.2 Å². The van der Waals surface area contributed by atoms with Gasteiger partial charge < -0.3 is 9.47 Å². The van der Waals surface area contributed by atoms with E-state index in [0.29, 0.717) is 12.8 Å². The van der Waals surface area contributed by atoms with Gasteiger partial charge in [-0.15, -0.1) is 6.42 Å². The molecule has 122 valence electrons. The fourth-order valence-corrected chi connectivity index (χ4v) is 3.67. The fourth-order valence-electron chi connectivity index (χ4n) is 3.67. The van der Waals surface area contributed by atoms with Crippen LogP contribution in [0.4, 0.5) is 4.79 Å². The average molecular weight is 307 g/mol. The number of carbonyl (C=O) groups is 2. The highest BCUT2D eigenvalue weighted by Gasteiger charge is 2.49. The normalized spacial score (nSPS) is 30.3. The van der Waals surface area contributed by atoms with Gasteiger partial charge in [-0.3, -0.25) is 9.69 Å². The molecule has 22 heavy (non-hydrogen) atoms. The monoisotopic (exact) mass is 307 g/mol. The molecule has 4 atom stereocenters. The zero-order chi connectivity index (χ0) is 16.1. The zero-order valence-corrected chi connectivity index (χ0v) is 13.4. The van der Waals surface area contributed by atoms with Crippen LogP contribution in [-0.4, -0.2) is 42.3 Å². The smallest absolute Gasteiger partial charge is 0.410 e. The molecule has 1 aliphatic heterocycles. The van der Waals surface area contributed by atoms with E-state index in [0.717, 1.165) is 32.1 Å². The third-order valence-corrected chi connectivity index (χ3v) is 4.74. The van der Waals surface area contributed by atoms with E-state index in [9.17, 15) is 9.59 Å². The molecule has 0 aromatic heterocycles. The first kappa shape index (κ1) is 16.7. The highest BCUT2D eigenvalue weighted by molar-refractivity contribution is 5.70. The molecule has 0 spiro atoms. The zero-order valence-electron chi connectivity index (χ0n) is 13.4. The van der Waals surface area contributed by atoms with Crippen LogP contribution >= 0.6 is 0 Å². The molecule has 1 aliphatic carbocycles. The van der Waals surface area contributed by atoms with Crippen molar-refractivity contribution >= 4 is 12.1 Å². The van der Waals surface area contributed by atoms with Gasteiger partial charge in [0.15, 0.2) is 0 Å². The van der Waals surface area contributed by atoms with E-state index < -0.39 is 0 Å². The average Bonchev–Trinajstić information content (AvgIpc) is 2.91. The molecule has 0 radical (unpaired) electrons. The van der Waals surface area contributed by atoms with Crippen LogP contribution in [0.1, 0.15) is 51.9 Å².